The maximum Gasteiger partial charge on any atom is 0.403 e. The van der Waals surface area contributed by atoms with Crippen LogP contribution in [0, 0.1) is 19.8 Å². The number of halogens is 3. The number of aromatic nitrogens is 2. The van der Waals surface area contributed by atoms with E-state index in [9.17, 15) is 26.4 Å². The number of rotatable bonds is 6. The number of nitrogens with zero attached hydrogens (tertiary/aromatic N) is 4. The van der Waals surface area contributed by atoms with Crippen LogP contribution in [0.5, 0.6) is 5.88 Å². The van der Waals surface area contributed by atoms with Gasteiger partial charge < -0.3 is 9.64 Å². The van der Waals surface area contributed by atoms with Crippen LogP contribution >= 0.6 is 0 Å². The van der Waals surface area contributed by atoms with Gasteiger partial charge >= 0.3 is 6.18 Å². The highest BCUT2D eigenvalue weighted by Crippen LogP contribution is 2.37. The van der Waals surface area contributed by atoms with Gasteiger partial charge in [-0.2, -0.15) is 18.2 Å². The molecule has 4 bridgehead atoms. The van der Waals surface area contributed by atoms with E-state index in [1.54, 1.807) is 17.0 Å². The first-order valence-electron chi connectivity index (χ1n) is 15.4. The average Bonchev–Trinajstić information content (AvgIpc) is 2.95. The summed E-state index contributed by atoms with van der Waals surface area (Å²) in [7, 11) is -2.77. The van der Waals surface area contributed by atoms with Crippen LogP contribution in [-0.4, -0.2) is 78.1 Å². The number of amides is 1. The Labute approximate surface area is 268 Å². The molecule has 2 aromatic carbocycles. The van der Waals surface area contributed by atoms with Gasteiger partial charge in [-0.15, -0.1) is 0 Å². The molecule has 248 valence electrons. The van der Waals surface area contributed by atoms with Gasteiger partial charge in [-0.1, -0.05) is 38.1 Å². The molecule has 1 saturated carbocycles. The molecule has 2 aliphatic rings. The van der Waals surface area contributed by atoms with Crippen LogP contribution in [0.25, 0.3) is 11.3 Å². The van der Waals surface area contributed by atoms with Crippen molar-refractivity contribution in [2.75, 3.05) is 18.4 Å². The summed E-state index contributed by atoms with van der Waals surface area (Å²) in [5.74, 6) is -0.313. The zero-order valence-electron chi connectivity index (χ0n) is 26.8. The first-order valence-corrected chi connectivity index (χ1v) is 16.9. The van der Waals surface area contributed by atoms with Crippen molar-refractivity contribution >= 4 is 21.9 Å². The summed E-state index contributed by atoms with van der Waals surface area (Å²) in [6.07, 6.45) is -3.16. The van der Waals surface area contributed by atoms with Crippen molar-refractivity contribution in [3.05, 3.63) is 65.2 Å². The molecule has 2 atom stereocenters. The van der Waals surface area contributed by atoms with Crippen molar-refractivity contribution in [1.82, 2.24) is 19.8 Å². The molecular weight excluding hydrogens is 619 g/mol. The van der Waals surface area contributed by atoms with Crippen LogP contribution < -0.4 is 9.46 Å². The minimum absolute atomic E-state index is 0.0367. The summed E-state index contributed by atoms with van der Waals surface area (Å²) in [5.41, 5.74) is 3.31. The molecule has 0 radical (unpaired) electrons. The third-order valence-electron chi connectivity index (χ3n) is 8.99. The van der Waals surface area contributed by atoms with Crippen molar-refractivity contribution in [2.24, 2.45) is 5.92 Å². The predicted octanol–water partition coefficient (Wildman–Crippen LogP) is 6.22. The van der Waals surface area contributed by atoms with Crippen molar-refractivity contribution in [3.8, 4) is 17.1 Å². The highest BCUT2D eigenvalue weighted by molar-refractivity contribution is 7.92. The van der Waals surface area contributed by atoms with Crippen LogP contribution in [0.2, 0.25) is 0 Å². The van der Waals surface area contributed by atoms with Gasteiger partial charge in [-0.3, -0.25) is 9.69 Å². The summed E-state index contributed by atoms with van der Waals surface area (Å²) in [6, 6.07) is 10.3. The topological polar surface area (TPSA) is 105 Å². The number of nitrogens with one attached hydrogen (secondary N) is 1. The lowest BCUT2D eigenvalue weighted by Gasteiger charge is -2.50. The number of alkyl halides is 3. The number of hydrogen-bond donors (Lipinski definition) is 1. The number of sulfonamides is 1. The van der Waals surface area contributed by atoms with Crippen LogP contribution in [0.3, 0.4) is 0 Å². The van der Waals surface area contributed by atoms with Crippen LogP contribution in [0.15, 0.2) is 53.4 Å². The van der Waals surface area contributed by atoms with Gasteiger partial charge in [0.05, 0.1) is 16.6 Å². The Hall–Kier alpha value is -3.71. The van der Waals surface area contributed by atoms with Crippen LogP contribution in [-0.2, 0) is 10.0 Å². The zero-order valence-corrected chi connectivity index (χ0v) is 27.6. The molecular formula is C33H40F3N5O4S. The fourth-order valence-electron chi connectivity index (χ4n) is 6.30. The smallest absolute Gasteiger partial charge is 0.403 e. The predicted molar refractivity (Wildman–Crippen MR) is 169 cm³/mol. The average molecular weight is 660 g/mol. The second-order valence-corrected chi connectivity index (χ2v) is 14.5. The molecule has 1 amide bonds. The number of benzene rings is 2. The number of carbonyl (C=O) groups is 1. The lowest BCUT2D eigenvalue weighted by molar-refractivity contribution is -0.186. The summed E-state index contributed by atoms with van der Waals surface area (Å²) in [4.78, 5) is 26.0. The largest absolute Gasteiger partial charge is 0.475 e. The van der Waals surface area contributed by atoms with E-state index >= 15 is 0 Å². The first-order chi connectivity index (χ1) is 21.5. The van der Waals surface area contributed by atoms with E-state index in [-0.39, 0.29) is 46.9 Å². The number of aryl methyl sites for hydroxylation is 2. The molecule has 2 heterocycles. The second kappa shape index (κ2) is 12.8. The molecule has 0 saturated heterocycles. The molecule has 1 fully saturated rings. The molecule has 13 heteroatoms. The standard InChI is InChI=1S/C33H40F3N5O4S/c1-19(2)13-26-18-45-29-17-28(30-20(3)9-7-10-21(30)4)37-32(38-29)39-46(43,44)27-12-8-11-23(14-27)31(42)41(26)25-15-24(16-25)40(6)22(5)33(34,35)36/h7-12,14,17,19,22,24-26H,13,15-16,18H2,1-6H3,(H,37,38,39)/t22-,24?,25?,26-/m1/s1. The number of anilines is 1. The Kier molecular flexibility index (Phi) is 9.38. The third kappa shape index (κ3) is 7.00. The molecule has 5 rings (SSSR count). The third-order valence-corrected chi connectivity index (χ3v) is 10.3. The normalized spacial score (nSPS) is 22.2. The first kappa shape index (κ1) is 33.6. The number of carbonyl (C=O) groups excluding carboxylic acids is 1. The Morgan fingerprint density at radius 3 is 2.33 bits per heavy atom. The van der Waals surface area contributed by atoms with Gasteiger partial charge in [0.15, 0.2) is 0 Å². The van der Waals surface area contributed by atoms with E-state index in [4.69, 9.17) is 4.74 Å². The quantitative estimate of drug-likeness (QED) is 0.335. The van der Waals surface area contributed by atoms with Crippen molar-refractivity contribution < 1.29 is 31.1 Å². The van der Waals surface area contributed by atoms with E-state index in [1.807, 2.05) is 45.9 Å². The SMILES string of the molecule is Cc1cccc(C)c1-c1cc2nc(n1)NS(=O)(=O)c1cccc(c1)C(=O)N(C1CC(N(C)[C@H](C)C(F)(F)F)C1)[C@H](CC(C)C)CO2. The highest BCUT2D eigenvalue weighted by atomic mass is 32.2. The van der Waals surface area contributed by atoms with E-state index in [1.165, 1.54) is 30.1 Å². The maximum atomic E-state index is 14.3. The lowest BCUT2D eigenvalue weighted by Crippen LogP contribution is -2.61. The summed E-state index contributed by atoms with van der Waals surface area (Å²) >= 11 is 0. The fourth-order valence-corrected chi connectivity index (χ4v) is 7.29. The van der Waals surface area contributed by atoms with Gasteiger partial charge in [0.2, 0.25) is 11.8 Å². The zero-order chi connectivity index (χ0) is 33.6. The van der Waals surface area contributed by atoms with E-state index in [0.717, 1.165) is 23.6 Å². The minimum atomic E-state index is -4.37. The van der Waals surface area contributed by atoms with Gasteiger partial charge in [0, 0.05) is 29.3 Å². The van der Waals surface area contributed by atoms with Gasteiger partial charge in [-0.05, 0) is 82.3 Å². The molecule has 1 aliphatic carbocycles. The molecule has 1 aliphatic heterocycles. The lowest BCUT2D eigenvalue weighted by atomic mass is 9.82. The molecule has 0 unspecified atom stereocenters. The number of ether oxygens (including phenoxy) is 1. The van der Waals surface area contributed by atoms with Crippen molar-refractivity contribution in [1.29, 1.82) is 0 Å². The molecule has 3 aromatic rings. The van der Waals surface area contributed by atoms with Crippen LogP contribution in [0.1, 0.15) is 61.5 Å². The molecule has 1 N–H and O–H groups in total. The van der Waals surface area contributed by atoms with Gasteiger partial charge in [0.25, 0.3) is 15.9 Å². The highest BCUT2D eigenvalue weighted by Gasteiger charge is 2.47. The number of fused-ring (bicyclic) bond motifs is 4. The van der Waals surface area contributed by atoms with Crippen molar-refractivity contribution in [3.63, 3.8) is 0 Å². The Morgan fingerprint density at radius 1 is 1.04 bits per heavy atom. The molecule has 0 spiro atoms. The summed E-state index contributed by atoms with van der Waals surface area (Å²) in [5, 5.41) is 0. The van der Waals surface area contributed by atoms with Gasteiger partial charge in [-0.25, -0.2) is 18.1 Å². The molecule has 46 heavy (non-hydrogen) atoms. The summed E-state index contributed by atoms with van der Waals surface area (Å²) in [6.45, 7) is 9.08. The second-order valence-electron chi connectivity index (χ2n) is 12.8. The van der Waals surface area contributed by atoms with E-state index in [2.05, 4.69) is 14.7 Å². The minimum Gasteiger partial charge on any atom is -0.475 e. The fraction of sp³-hybridized carbons (Fsp3) is 0.485. The van der Waals surface area contributed by atoms with E-state index < -0.39 is 34.2 Å². The number of hydrogen-bond acceptors (Lipinski definition) is 7. The van der Waals surface area contributed by atoms with E-state index in [0.29, 0.717) is 25.0 Å². The molecule has 9 nitrogen and oxygen atoms in total. The van der Waals surface area contributed by atoms with Crippen molar-refractivity contribution in [2.45, 2.75) is 89.1 Å². The summed E-state index contributed by atoms with van der Waals surface area (Å²) < 4.78 is 76.3. The molecule has 1 aromatic heterocycles. The Morgan fingerprint density at radius 2 is 1.70 bits per heavy atom. The maximum absolute atomic E-state index is 14.3. The van der Waals surface area contributed by atoms with Gasteiger partial charge in [0.1, 0.15) is 12.6 Å². The monoisotopic (exact) mass is 659 g/mol. The Balaban J connectivity index is 1.58. The van der Waals surface area contributed by atoms with Crippen LogP contribution in [0.4, 0.5) is 19.1 Å². The Bertz CT molecular complexity index is 1690.